The van der Waals surface area contributed by atoms with Gasteiger partial charge in [-0.15, -0.1) is 0 Å². The molecule has 1 amide bonds. The number of hydrogen-bond donors (Lipinski definition) is 2. The van der Waals surface area contributed by atoms with Crippen LogP contribution in [0.25, 0.3) is 0 Å². The summed E-state index contributed by atoms with van der Waals surface area (Å²) in [5, 5.41) is 0. The van der Waals surface area contributed by atoms with Crippen molar-refractivity contribution in [1.82, 2.24) is 0 Å². The standard InChI is InChI=1S/C13H20N2O3/c1-4-11(13(15)16)18-12-7-9(17-3)5-6-10(12)8(2)14/h5-8,11H,4,14H2,1-3H3,(H2,15,16). The first-order chi connectivity index (χ1) is 8.49. The van der Waals surface area contributed by atoms with E-state index in [4.69, 9.17) is 20.9 Å². The number of primary amides is 1. The summed E-state index contributed by atoms with van der Waals surface area (Å²) in [6, 6.07) is 5.14. The molecule has 0 aliphatic carbocycles. The van der Waals surface area contributed by atoms with Crippen LogP contribution in [-0.2, 0) is 4.79 Å². The van der Waals surface area contributed by atoms with E-state index in [0.717, 1.165) is 5.56 Å². The van der Waals surface area contributed by atoms with E-state index in [2.05, 4.69) is 0 Å². The molecule has 0 heterocycles. The molecule has 0 bridgehead atoms. The molecular formula is C13H20N2O3. The van der Waals surface area contributed by atoms with Crippen molar-refractivity contribution in [2.45, 2.75) is 32.4 Å². The molecule has 0 spiro atoms. The molecule has 0 aliphatic rings. The van der Waals surface area contributed by atoms with Gasteiger partial charge in [-0.1, -0.05) is 13.0 Å². The van der Waals surface area contributed by atoms with Gasteiger partial charge < -0.3 is 20.9 Å². The van der Waals surface area contributed by atoms with Crippen LogP contribution < -0.4 is 20.9 Å². The maximum atomic E-state index is 11.2. The van der Waals surface area contributed by atoms with Crippen LogP contribution in [0.3, 0.4) is 0 Å². The van der Waals surface area contributed by atoms with Gasteiger partial charge in [0.1, 0.15) is 11.5 Å². The lowest BCUT2D eigenvalue weighted by Gasteiger charge is -2.19. The Bertz CT molecular complexity index is 419. The van der Waals surface area contributed by atoms with Gasteiger partial charge in [-0.05, 0) is 19.4 Å². The van der Waals surface area contributed by atoms with Crippen LogP contribution in [0.2, 0.25) is 0 Å². The molecule has 2 atom stereocenters. The highest BCUT2D eigenvalue weighted by Gasteiger charge is 2.18. The highest BCUT2D eigenvalue weighted by molar-refractivity contribution is 5.79. The molecule has 100 valence electrons. The number of hydrogen-bond acceptors (Lipinski definition) is 4. The van der Waals surface area contributed by atoms with E-state index >= 15 is 0 Å². The Balaban J connectivity index is 3.07. The first kappa shape index (κ1) is 14.3. The normalized spacial score (nSPS) is 13.8. The van der Waals surface area contributed by atoms with Crippen molar-refractivity contribution in [2.75, 3.05) is 7.11 Å². The van der Waals surface area contributed by atoms with Crippen molar-refractivity contribution in [3.05, 3.63) is 23.8 Å². The lowest BCUT2D eigenvalue weighted by Crippen LogP contribution is -2.33. The van der Waals surface area contributed by atoms with Gasteiger partial charge in [0.15, 0.2) is 6.10 Å². The molecule has 2 unspecified atom stereocenters. The van der Waals surface area contributed by atoms with Gasteiger partial charge in [-0.2, -0.15) is 0 Å². The summed E-state index contributed by atoms with van der Waals surface area (Å²) in [7, 11) is 1.57. The van der Waals surface area contributed by atoms with Gasteiger partial charge in [0.05, 0.1) is 7.11 Å². The molecule has 5 heteroatoms. The molecule has 5 nitrogen and oxygen atoms in total. The van der Waals surface area contributed by atoms with Crippen LogP contribution >= 0.6 is 0 Å². The topological polar surface area (TPSA) is 87.6 Å². The fraction of sp³-hybridized carbons (Fsp3) is 0.462. The second-order valence-corrected chi connectivity index (χ2v) is 4.11. The molecule has 4 N–H and O–H groups in total. The molecule has 1 aromatic rings. The first-order valence-electron chi connectivity index (χ1n) is 5.89. The number of ether oxygens (including phenoxy) is 2. The maximum Gasteiger partial charge on any atom is 0.258 e. The third-order valence-corrected chi connectivity index (χ3v) is 2.67. The Morgan fingerprint density at radius 1 is 1.44 bits per heavy atom. The zero-order valence-corrected chi connectivity index (χ0v) is 11.0. The SMILES string of the molecule is CCC(Oc1cc(OC)ccc1C(C)N)C(N)=O. The number of nitrogens with two attached hydrogens (primary N) is 2. The van der Waals surface area contributed by atoms with Gasteiger partial charge in [-0.25, -0.2) is 0 Å². The number of carbonyl (C=O) groups excluding carboxylic acids is 1. The molecule has 1 aromatic carbocycles. The van der Waals surface area contributed by atoms with Crippen molar-refractivity contribution >= 4 is 5.91 Å². The smallest absolute Gasteiger partial charge is 0.258 e. The number of amides is 1. The Kier molecular flexibility index (Phi) is 4.97. The molecule has 0 saturated heterocycles. The summed E-state index contributed by atoms with van der Waals surface area (Å²) < 4.78 is 10.8. The van der Waals surface area contributed by atoms with Gasteiger partial charge in [-0.3, -0.25) is 4.79 Å². The van der Waals surface area contributed by atoms with E-state index in [0.29, 0.717) is 17.9 Å². The van der Waals surface area contributed by atoms with Crippen LogP contribution in [-0.4, -0.2) is 19.1 Å². The van der Waals surface area contributed by atoms with Crippen molar-refractivity contribution in [3.8, 4) is 11.5 Å². The summed E-state index contributed by atoms with van der Waals surface area (Å²) in [6.45, 7) is 3.68. The Labute approximate surface area is 107 Å². The van der Waals surface area contributed by atoms with E-state index < -0.39 is 12.0 Å². The minimum Gasteiger partial charge on any atom is -0.497 e. The van der Waals surface area contributed by atoms with Crippen molar-refractivity contribution in [1.29, 1.82) is 0 Å². The van der Waals surface area contributed by atoms with Crippen molar-refractivity contribution in [2.24, 2.45) is 11.5 Å². The first-order valence-corrected chi connectivity index (χ1v) is 5.89. The lowest BCUT2D eigenvalue weighted by atomic mass is 10.1. The molecule has 0 saturated carbocycles. The fourth-order valence-electron chi connectivity index (χ4n) is 1.62. The van der Waals surface area contributed by atoms with E-state index in [-0.39, 0.29) is 6.04 Å². The number of benzene rings is 1. The molecule has 0 radical (unpaired) electrons. The van der Waals surface area contributed by atoms with E-state index in [1.54, 1.807) is 19.2 Å². The molecule has 0 aliphatic heterocycles. The van der Waals surface area contributed by atoms with Crippen LogP contribution in [0, 0.1) is 0 Å². The fourth-order valence-corrected chi connectivity index (χ4v) is 1.62. The number of methoxy groups -OCH3 is 1. The van der Waals surface area contributed by atoms with Gasteiger partial charge in [0.25, 0.3) is 5.91 Å². The number of rotatable bonds is 6. The second kappa shape index (κ2) is 6.26. The maximum absolute atomic E-state index is 11.2. The minimum absolute atomic E-state index is 0.198. The lowest BCUT2D eigenvalue weighted by molar-refractivity contribution is -0.124. The third-order valence-electron chi connectivity index (χ3n) is 2.67. The average Bonchev–Trinajstić information content (AvgIpc) is 2.34. The zero-order chi connectivity index (χ0) is 13.7. The van der Waals surface area contributed by atoms with E-state index in [1.807, 2.05) is 19.9 Å². The summed E-state index contributed by atoms with van der Waals surface area (Å²) >= 11 is 0. The molecule has 1 rings (SSSR count). The van der Waals surface area contributed by atoms with Crippen LogP contribution in [0.5, 0.6) is 11.5 Å². The monoisotopic (exact) mass is 252 g/mol. The van der Waals surface area contributed by atoms with E-state index in [9.17, 15) is 4.79 Å². The molecule has 0 aromatic heterocycles. The average molecular weight is 252 g/mol. The highest BCUT2D eigenvalue weighted by atomic mass is 16.5. The van der Waals surface area contributed by atoms with Gasteiger partial charge in [0, 0.05) is 17.7 Å². The van der Waals surface area contributed by atoms with Gasteiger partial charge >= 0.3 is 0 Å². The molecule has 18 heavy (non-hydrogen) atoms. The van der Waals surface area contributed by atoms with Crippen LogP contribution in [0.15, 0.2) is 18.2 Å². The summed E-state index contributed by atoms with van der Waals surface area (Å²) in [6.07, 6.45) is -0.153. The van der Waals surface area contributed by atoms with Crippen LogP contribution in [0.4, 0.5) is 0 Å². The quantitative estimate of drug-likeness (QED) is 0.800. The second-order valence-electron chi connectivity index (χ2n) is 4.11. The minimum atomic E-state index is -0.658. The van der Waals surface area contributed by atoms with Crippen molar-refractivity contribution < 1.29 is 14.3 Å². The Morgan fingerprint density at radius 3 is 2.56 bits per heavy atom. The molecule has 0 fully saturated rings. The highest BCUT2D eigenvalue weighted by Crippen LogP contribution is 2.29. The predicted molar refractivity (Wildman–Crippen MR) is 69.5 cm³/mol. The summed E-state index contributed by atoms with van der Waals surface area (Å²) in [4.78, 5) is 11.2. The zero-order valence-electron chi connectivity index (χ0n) is 11.0. The van der Waals surface area contributed by atoms with Crippen LogP contribution in [0.1, 0.15) is 31.9 Å². The number of carbonyl (C=O) groups is 1. The predicted octanol–water partition coefficient (Wildman–Crippen LogP) is 1.36. The molecular weight excluding hydrogens is 232 g/mol. The Hall–Kier alpha value is -1.75. The van der Waals surface area contributed by atoms with E-state index in [1.165, 1.54) is 0 Å². The third kappa shape index (κ3) is 3.37. The van der Waals surface area contributed by atoms with Crippen molar-refractivity contribution in [3.63, 3.8) is 0 Å². The Morgan fingerprint density at radius 2 is 2.11 bits per heavy atom. The summed E-state index contributed by atoms with van der Waals surface area (Å²) in [5.74, 6) is 0.694. The largest absolute Gasteiger partial charge is 0.497 e. The van der Waals surface area contributed by atoms with Gasteiger partial charge in [0.2, 0.25) is 0 Å². The summed E-state index contributed by atoms with van der Waals surface area (Å²) in [5.41, 5.74) is 11.9.